The minimum atomic E-state index is -0.850. The number of rotatable bonds is 6. The van der Waals surface area contributed by atoms with Crippen LogP contribution in [0.15, 0.2) is 23.5 Å². The fraction of sp³-hybridized carbons (Fsp3) is 0.429. The summed E-state index contributed by atoms with van der Waals surface area (Å²) in [4.78, 5) is 19.1. The van der Waals surface area contributed by atoms with E-state index >= 15 is 0 Å². The van der Waals surface area contributed by atoms with E-state index in [2.05, 4.69) is 28.9 Å². The third-order valence-corrected chi connectivity index (χ3v) is 3.67. The predicted molar refractivity (Wildman–Crippen MR) is 80.8 cm³/mol. The summed E-state index contributed by atoms with van der Waals surface area (Å²) in [7, 11) is 0. The molecule has 0 aliphatic carbocycles. The first-order chi connectivity index (χ1) is 9.95. The van der Waals surface area contributed by atoms with E-state index in [0.29, 0.717) is 11.7 Å². The molecule has 0 aliphatic heterocycles. The molecule has 0 atom stereocenters. The van der Waals surface area contributed by atoms with Gasteiger partial charge >= 0.3 is 5.97 Å². The van der Waals surface area contributed by atoms with Gasteiger partial charge in [-0.1, -0.05) is 25.6 Å². The van der Waals surface area contributed by atoms with Crippen LogP contribution in [0.4, 0.5) is 0 Å². The molecule has 0 saturated heterocycles. The van der Waals surface area contributed by atoms with Crippen LogP contribution in [0.5, 0.6) is 0 Å². The molecule has 7 heteroatoms. The van der Waals surface area contributed by atoms with E-state index in [-0.39, 0.29) is 5.75 Å². The molecule has 0 aromatic carbocycles. The van der Waals surface area contributed by atoms with Crippen LogP contribution < -0.4 is 0 Å². The quantitative estimate of drug-likeness (QED) is 0.825. The summed E-state index contributed by atoms with van der Waals surface area (Å²) in [5, 5.41) is 14.2. The lowest BCUT2D eigenvalue weighted by Crippen LogP contribution is -2.05. The zero-order valence-electron chi connectivity index (χ0n) is 12.3. The topological polar surface area (TPSA) is 80.9 Å². The Labute approximate surface area is 127 Å². The average Bonchev–Trinajstić information content (AvgIpc) is 2.78. The van der Waals surface area contributed by atoms with Gasteiger partial charge in [0, 0.05) is 11.8 Å². The molecule has 2 rings (SSSR count). The number of nitrogens with zero attached hydrogens (tertiary/aromatic N) is 4. The Hall–Kier alpha value is -1.89. The second-order valence-corrected chi connectivity index (χ2v) is 6.18. The number of hydrogen-bond donors (Lipinski definition) is 1. The first kappa shape index (κ1) is 15.5. The van der Waals surface area contributed by atoms with Gasteiger partial charge in [-0.3, -0.25) is 4.79 Å². The number of aryl methyl sites for hydroxylation is 1. The Kier molecular flexibility index (Phi) is 4.95. The van der Waals surface area contributed by atoms with Crippen molar-refractivity contribution in [3.05, 3.63) is 29.8 Å². The summed E-state index contributed by atoms with van der Waals surface area (Å²) in [6, 6.07) is 3.77. The van der Waals surface area contributed by atoms with Crippen molar-refractivity contribution in [3.8, 4) is 5.82 Å². The summed E-state index contributed by atoms with van der Waals surface area (Å²) in [6.07, 6.45) is 2.33. The number of aliphatic carboxylic acids is 1. The van der Waals surface area contributed by atoms with Gasteiger partial charge in [0.25, 0.3) is 0 Å². The van der Waals surface area contributed by atoms with Crippen molar-refractivity contribution >= 4 is 17.7 Å². The number of aromatic nitrogens is 4. The van der Waals surface area contributed by atoms with Crippen LogP contribution in [0.2, 0.25) is 0 Å². The second-order valence-electron chi connectivity index (χ2n) is 5.18. The lowest BCUT2D eigenvalue weighted by molar-refractivity contribution is -0.133. The molecule has 2 heterocycles. The van der Waals surface area contributed by atoms with Crippen LogP contribution in [0, 0.1) is 12.8 Å². The molecule has 21 heavy (non-hydrogen) atoms. The molecule has 0 radical (unpaired) electrons. The molecule has 2 aromatic rings. The maximum atomic E-state index is 10.8. The minimum absolute atomic E-state index is 0.00310. The Bertz CT molecular complexity index is 640. The van der Waals surface area contributed by atoms with Crippen molar-refractivity contribution in [1.82, 2.24) is 19.7 Å². The van der Waals surface area contributed by atoms with E-state index in [9.17, 15) is 4.79 Å². The van der Waals surface area contributed by atoms with Crippen LogP contribution in [0.25, 0.3) is 5.82 Å². The van der Waals surface area contributed by atoms with Crippen molar-refractivity contribution in [2.75, 3.05) is 5.75 Å². The van der Waals surface area contributed by atoms with E-state index in [0.717, 1.165) is 22.8 Å². The van der Waals surface area contributed by atoms with Gasteiger partial charge in [0.2, 0.25) is 0 Å². The molecular formula is C14H18N4O2S. The van der Waals surface area contributed by atoms with Crippen LogP contribution in [0.3, 0.4) is 0 Å². The Balaban J connectivity index is 2.36. The number of carboxylic acid groups (broad SMARTS) is 1. The van der Waals surface area contributed by atoms with Gasteiger partial charge in [-0.25, -0.2) is 14.6 Å². The van der Waals surface area contributed by atoms with Gasteiger partial charge in [0.1, 0.15) is 11.4 Å². The average molecular weight is 306 g/mol. The normalized spacial score (nSPS) is 11.0. The van der Waals surface area contributed by atoms with Crippen LogP contribution in [-0.4, -0.2) is 36.6 Å². The van der Waals surface area contributed by atoms with Crippen molar-refractivity contribution in [1.29, 1.82) is 0 Å². The number of carbonyl (C=O) groups is 1. The predicted octanol–water partition coefficient (Wildman–Crippen LogP) is 2.35. The van der Waals surface area contributed by atoms with Crippen molar-refractivity contribution in [2.24, 2.45) is 5.92 Å². The van der Waals surface area contributed by atoms with Crippen LogP contribution in [0.1, 0.15) is 25.2 Å². The highest BCUT2D eigenvalue weighted by Crippen LogP contribution is 2.23. The molecule has 1 N–H and O–H groups in total. The molecule has 0 unspecified atom stereocenters. The second kappa shape index (κ2) is 6.71. The Morgan fingerprint density at radius 1 is 1.38 bits per heavy atom. The smallest absolute Gasteiger partial charge is 0.313 e. The zero-order valence-corrected chi connectivity index (χ0v) is 13.1. The standard InChI is InChI=1S/C14H18N4O2S/c1-9(2)4-11-6-13(21-7-14(19)20)18(17-11)12-5-10(3)15-8-16-12/h5-6,8-9H,4,7H2,1-3H3,(H,19,20). The SMILES string of the molecule is Cc1cc(-n2nc(CC(C)C)cc2SCC(=O)O)ncn1. The van der Waals surface area contributed by atoms with Gasteiger partial charge in [0.05, 0.1) is 11.4 Å². The minimum Gasteiger partial charge on any atom is -0.481 e. The summed E-state index contributed by atoms with van der Waals surface area (Å²) in [5.74, 6) is 0.289. The molecule has 0 amide bonds. The largest absolute Gasteiger partial charge is 0.481 e. The Morgan fingerprint density at radius 2 is 2.14 bits per heavy atom. The monoisotopic (exact) mass is 306 g/mol. The first-order valence-electron chi connectivity index (χ1n) is 6.68. The molecule has 2 aromatic heterocycles. The van der Waals surface area contributed by atoms with Crippen molar-refractivity contribution in [3.63, 3.8) is 0 Å². The van der Waals surface area contributed by atoms with E-state index in [4.69, 9.17) is 5.11 Å². The maximum absolute atomic E-state index is 10.8. The third-order valence-electron chi connectivity index (χ3n) is 2.69. The Morgan fingerprint density at radius 3 is 2.76 bits per heavy atom. The van der Waals surface area contributed by atoms with E-state index in [1.54, 1.807) is 4.68 Å². The molecule has 0 aliphatic rings. The summed E-state index contributed by atoms with van der Waals surface area (Å²) >= 11 is 1.24. The van der Waals surface area contributed by atoms with Crippen LogP contribution in [-0.2, 0) is 11.2 Å². The maximum Gasteiger partial charge on any atom is 0.313 e. The third kappa shape index (κ3) is 4.29. The van der Waals surface area contributed by atoms with Gasteiger partial charge in [-0.05, 0) is 25.3 Å². The van der Waals surface area contributed by atoms with Gasteiger partial charge in [0.15, 0.2) is 5.82 Å². The molecule has 0 saturated carbocycles. The molecule has 0 spiro atoms. The molecule has 112 valence electrons. The first-order valence-corrected chi connectivity index (χ1v) is 7.67. The lowest BCUT2D eigenvalue weighted by Gasteiger charge is -2.05. The summed E-state index contributed by atoms with van der Waals surface area (Å²) in [6.45, 7) is 6.13. The molecule has 0 bridgehead atoms. The molecule has 6 nitrogen and oxygen atoms in total. The lowest BCUT2D eigenvalue weighted by atomic mass is 10.1. The molecule has 0 fully saturated rings. The van der Waals surface area contributed by atoms with Crippen molar-refractivity contribution < 1.29 is 9.90 Å². The van der Waals surface area contributed by atoms with Gasteiger partial charge in [-0.15, -0.1) is 0 Å². The fourth-order valence-electron chi connectivity index (χ4n) is 1.89. The van der Waals surface area contributed by atoms with Crippen LogP contribution >= 0.6 is 11.8 Å². The van der Waals surface area contributed by atoms with Gasteiger partial charge < -0.3 is 5.11 Å². The summed E-state index contributed by atoms with van der Waals surface area (Å²) < 4.78 is 1.69. The number of hydrogen-bond acceptors (Lipinski definition) is 5. The van der Waals surface area contributed by atoms with E-state index < -0.39 is 5.97 Å². The number of thioether (sulfide) groups is 1. The fourth-order valence-corrected chi connectivity index (χ4v) is 2.63. The van der Waals surface area contributed by atoms with E-state index in [1.165, 1.54) is 18.1 Å². The zero-order chi connectivity index (χ0) is 15.4. The highest BCUT2D eigenvalue weighted by Gasteiger charge is 2.14. The van der Waals surface area contributed by atoms with Crippen molar-refractivity contribution in [2.45, 2.75) is 32.2 Å². The highest BCUT2D eigenvalue weighted by molar-refractivity contribution is 7.99. The summed E-state index contributed by atoms with van der Waals surface area (Å²) in [5.41, 5.74) is 1.78. The number of carboxylic acids is 1. The molecular weight excluding hydrogens is 288 g/mol. The highest BCUT2D eigenvalue weighted by atomic mass is 32.2. The van der Waals surface area contributed by atoms with E-state index in [1.807, 2.05) is 19.1 Å². The van der Waals surface area contributed by atoms with Gasteiger partial charge in [-0.2, -0.15) is 5.10 Å².